The van der Waals surface area contributed by atoms with E-state index in [-0.39, 0.29) is 23.8 Å². The first kappa shape index (κ1) is 19.6. The minimum atomic E-state index is 0.0345. The molecule has 2 aromatic carbocycles. The highest BCUT2D eigenvalue weighted by Gasteiger charge is 2.29. The fourth-order valence-corrected chi connectivity index (χ4v) is 4.61. The minimum absolute atomic E-state index is 0.0345. The Hall–Kier alpha value is -2.66. The van der Waals surface area contributed by atoms with Gasteiger partial charge in [0.25, 0.3) is 5.91 Å². The molecule has 4 rings (SSSR count). The monoisotopic (exact) mass is 392 g/mol. The van der Waals surface area contributed by atoms with Crippen molar-refractivity contribution < 1.29 is 14.5 Å². The third kappa shape index (κ3) is 5.04. The van der Waals surface area contributed by atoms with E-state index in [1.165, 1.54) is 16.0 Å². The van der Waals surface area contributed by atoms with E-state index in [1.807, 2.05) is 30.3 Å². The molecule has 0 aromatic heterocycles. The Balaban J connectivity index is 1.24. The van der Waals surface area contributed by atoms with Gasteiger partial charge >= 0.3 is 0 Å². The first-order valence-corrected chi connectivity index (χ1v) is 10.8. The molecule has 2 aliphatic rings. The Morgan fingerprint density at radius 2 is 1.66 bits per heavy atom. The Kier molecular flexibility index (Phi) is 6.25. The van der Waals surface area contributed by atoms with Gasteiger partial charge in [-0.1, -0.05) is 42.5 Å². The molecule has 2 aromatic rings. The number of anilines is 1. The van der Waals surface area contributed by atoms with Crippen LogP contribution in [-0.4, -0.2) is 31.4 Å². The van der Waals surface area contributed by atoms with Gasteiger partial charge in [0, 0.05) is 24.4 Å². The lowest BCUT2D eigenvalue weighted by atomic mass is 9.88. The molecule has 1 atom stereocenters. The molecule has 29 heavy (non-hydrogen) atoms. The fraction of sp³-hybridized carbons (Fsp3) is 0.417. The number of benzene rings is 2. The molecule has 1 fully saturated rings. The van der Waals surface area contributed by atoms with Gasteiger partial charge in [0.2, 0.25) is 5.91 Å². The predicted molar refractivity (Wildman–Crippen MR) is 114 cm³/mol. The van der Waals surface area contributed by atoms with Crippen LogP contribution in [-0.2, 0) is 16.0 Å². The van der Waals surface area contributed by atoms with Crippen molar-refractivity contribution in [1.29, 1.82) is 0 Å². The summed E-state index contributed by atoms with van der Waals surface area (Å²) in [5, 5.41) is 6.25. The summed E-state index contributed by atoms with van der Waals surface area (Å²) in [6, 6.07) is 18.2. The summed E-state index contributed by atoms with van der Waals surface area (Å²) < 4.78 is 0. The van der Waals surface area contributed by atoms with Crippen molar-refractivity contribution in [2.75, 3.05) is 25.0 Å². The maximum absolute atomic E-state index is 12.6. The van der Waals surface area contributed by atoms with E-state index in [0.717, 1.165) is 50.9 Å². The summed E-state index contributed by atoms with van der Waals surface area (Å²) >= 11 is 0. The van der Waals surface area contributed by atoms with Crippen molar-refractivity contribution >= 4 is 17.5 Å². The van der Waals surface area contributed by atoms with Crippen molar-refractivity contribution in [2.45, 2.75) is 38.1 Å². The largest absolute Gasteiger partial charge is 0.344 e. The highest BCUT2D eigenvalue weighted by Crippen LogP contribution is 2.29. The van der Waals surface area contributed by atoms with Crippen molar-refractivity contribution in [1.82, 2.24) is 5.32 Å². The molecule has 3 N–H and O–H groups in total. The summed E-state index contributed by atoms with van der Waals surface area (Å²) in [7, 11) is 0. The van der Waals surface area contributed by atoms with Gasteiger partial charge in [0.15, 0.2) is 6.54 Å². The number of aryl methyl sites for hydroxylation is 1. The van der Waals surface area contributed by atoms with Crippen LogP contribution in [0.5, 0.6) is 0 Å². The SMILES string of the molecule is O=C(C[NH+]1CCC(C(=O)Nc2ccccc2)CC1)N[C@H]1CCCc2ccccc21. The number of likely N-dealkylation sites (tertiary alicyclic amines) is 1. The molecular weight excluding hydrogens is 362 g/mol. The van der Waals surface area contributed by atoms with Crippen LogP contribution in [0, 0.1) is 5.92 Å². The number of amides is 2. The van der Waals surface area contributed by atoms with E-state index in [1.54, 1.807) is 0 Å². The van der Waals surface area contributed by atoms with Crippen LogP contribution in [0.1, 0.15) is 42.9 Å². The number of para-hydroxylation sites is 1. The zero-order valence-corrected chi connectivity index (χ0v) is 16.8. The molecule has 152 valence electrons. The normalized spacial score (nSPS) is 23.7. The molecular formula is C24H30N3O2+. The van der Waals surface area contributed by atoms with E-state index < -0.39 is 0 Å². The predicted octanol–water partition coefficient (Wildman–Crippen LogP) is 2.11. The molecule has 5 heteroatoms. The number of fused-ring (bicyclic) bond motifs is 1. The standard InChI is InChI=1S/C24H29N3O2/c28-23(26-22-12-6-8-18-7-4-5-11-21(18)22)17-27-15-13-19(14-16-27)24(29)25-20-9-2-1-3-10-20/h1-5,7,9-11,19,22H,6,8,12-17H2,(H,25,29)(H,26,28)/p+1/t22-/m0/s1. The lowest BCUT2D eigenvalue weighted by Crippen LogP contribution is -3.14. The van der Waals surface area contributed by atoms with Crippen LogP contribution in [0.25, 0.3) is 0 Å². The maximum Gasteiger partial charge on any atom is 0.275 e. The van der Waals surface area contributed by atoms with Gasteiger partial charge < -0.3 is 15.5 Å². The van der Waals surface area contributed by atoms with E-state index in [0.29, 0.717) is 6.54 Å². The van der Waals surface area contributed by atoms with E-state index >= 15 is 0 Å². The molecule has 0 bridgehead atoms. The molecule has 0 unspecified atom stereocenters. The van der Waals surface area contributed by atoms with Crippen molar-refractivity contribution in [3.05, 3.63) is 65.7 Å². The molecule has 1 saturated heterocycles. The molecule has 2 amide bonds. The quantitative estimate of drug-likeness (QED) is 0.730. The molecule has 1 aliphatic heterocycles. The zero-order chi connectivity index (χ0) is 20.1. The Morgan fingerprint density at radius 1 is 0.931 bits per heavy atom. The number of carbonyl (C=O) groups is 2. The van der Waals surface area contributed by atoms with Crippen molar-refractivity contribution in [2.24, 2.45) is 5.92 Å². The number of hydrogen-bond acceptors (Lipinski definition) is 2. The van der Waals surface area contributed by atoms with Crippen LogP contribution in [0.2, 0.25) is 0 Å². The van der Waals surface area contributed by atoms with Gasteiger partial charge in [-0.3, -0.25) is 9.59 Å². The molecule has 1 aliphatic carbocycles. The number of quaternary nitrogens is 1. The summed E-state index contributed by atoms with van der Waals surface area (Å²) in [6.07, 6.45) is 4.89. The second-order valence-electron chi connectivity index (χ2n) is 8.27. The van der Waals surface area contributed by atoms with Crippen LogP contribution >= 0.6 is 0 Å². The van der Waals surface area contributed by atoms with E-state index in [2.05, 4.69) is 34.9 Å². The molecule has 0 saturated carbocycles. The van der Waals surface area contributed by atoms with Crippen molar-refractivity contribution in [3.63, 3.8) is 0 Å². The smallest absolute Gasteiger partial charge is 0.275 e. The van der Waals surface area contributed by atoms with Gasteiger partial charge in [0.1, 0.15) is 0 Å². The van der Waals surface area contributed by atoms with Crippen molar-refractivity contribution in [3.8, 4) is 0 Å². The molecule has 0 spiro atoms. The van der Waals surface area contributed by atoms with Crippen LogP contribution in [0.3, 0.4) is 0 Å². The molecule has 0 radical (unpaired) electrons. The number of carbonyl (C=O) groups excluding carboxylic acids is 2. The number of piperidine rings is 1. The average Bonchev–Trinajstić information content (AvgIpc) is 2.75. The number of nitrogens with one attached hydrogen (secondary N) is 3. The van der Waals surface area contributed by atoms with Crippen LogP contribution < -0.4 is 15.5 Å². The topological polar surface area (TPSA) is 62.6 Å². The Morgan fingerprint density at radius 3 is 2.45 bits per heavy atom. The fourth-order valence-electron chi connectivity index (χ4n) is 4.61. The van der Waals surface area contributed by atoms with Crippen LogP contribution in [0.4, 0.5) is 5.69 Å². The van der Waals surface area contributed by atoms with Gasteiger partial charge in [-0.2, -0.15) is 0 Å². The van der Waals surface area contributed by atoms with Gasteiger partial charge in [0.05, 0.1) is 19.1 Å². The second-order valence-corrected chi connectivity index (χ2v) is 8.27. The van der Waals surface area contributed by atoms with Crippen LogP contribution in [0.15, 0.2) is 54.6 Å². The first-order valence-electron chi connectivity index (χ1n) is 10.8. The molecule has 5 nitrogen and oxygen atoms in total. The summed E-state index contributed by atoms with van der Waals surface area (Å²) in [4.78, 5) is 26.4. The summed E-state index contributed by atoms with van der Waals surface area (Å²) in [6.45, 7) is 2.22. The first-order chi connectivity index (χ1) is 14.2. The third-order valence-electron chi connectivity index (χ3n) is 6.22. The van der Waals surface area contributed by atoms with E-state index in [4.69, 9.17) is 0 Å². The van der Waals surface area contributed by atoms with Gasteiger partial charge in [-0.25, -0.2) is 0 Å². The number of hydrogen-bond donors (Lipinski definition) is 3. The highest BCUT2D eigenvalue weighted by molar-refractivity contribution is 5.92. The Labute approximate surface area is 172 Å². The van der Waals surface area contributed by atoms with E-state index in [9.17, 15) is 9.59 Å². The average molecular weight is 393 g/mol. The highest BCUT2D eigenvalue weighted by atomic mass is 16.2. The zero-order valence-electron chi connectivity index (χ0n) is 16.8. The Bertz CT molecular complexity index is 844. The number of rotatable bonds is 5. The maximum atomic E-state index is 12.6. The van der Waals surface area contributed by atoms with Gasteiger partial charge in [-0.15, -0.1) is 0 Å². The van der Waals surface area contributed by atoms with Gasteiger partial charge in [-0.05, 0) is 42.5 Å². The molecule has 1 heterocycles. The summed E-state index contributed by atoms with van der Waals surface area (Å²) in [5.74, 6) is 0.250. The third-order valence-corrected chi connectivity index (χ3v) is 6.22. The minimum Gasteiger partial charge on any atom is -0.344 e. The lowest BCUT2D eigenvalue weighted by Gasteiger charge is -2.30. The second kappa shape index (κ2) is 9.23. The summed E-state index contributed by atoms with van der Waals surface area (Å²) in [5.41, 5.74) is 3.49. The lowest BCUT2D eigenvalue weighted by molar-refractivity contribution is -0.897.